The number of rotatable bonds is 6. The third-order valence-corrected chi connectivity index (χ3v) is 7.22. The van der Waals surface area contributed by atoms with Gasteiger partial charge in [-0.3, -0.25) is 9.59 Å². The van der Waals surface area contributed by atoms with Crippen LogP contribution in [0.2, 0.25) is 5.02 Å². The van der Waals surface area contributed by atoms with Gasteiger partial charge in [-0.2, -0.15) is 0 Å². The number of aryl methyl sites for hydroxylation is 1. The number of halogens is 2. The van der Waals surface area contributed by atoms with Crippen molar-refractivity contribution >= 4 is 51.7 Å². The summed E-state index contributed by atoms with van der Waals surface area (Å²) in [5.74, 6) is -0.290. The van der Waals surface area contributed by atoms with E-state index >= 15 is 0 Å². The Hall–Kier alpha value is -3.57. The predicted molar refractivity (Wildman–Crippen MR) is 132 cm³/mol. The van der Waals surface area contributed by atoms with Gasteiger partial charge in [-0.25, -0.2) is 19.3 Å². The van der Waals surface area contributed by atoms with Crippen molar-refractivity contribution in [3.63, 3.8) is 0 Å². The monoisotopic (exact) mass is 513 g/mol. The first-order valence-corrected chi connectivity index (χ1v) is 12.1. The number of fused-ring (bicyclic) bond motifs is 1. The Balaban J connectivity index is 1.45. The molecule has 3 N–H and O–H groups in total. The van der Waals surface area contributed by atoms with Gasteiger partial charge in [0.05, 0.1) is 16.1 Å². The molecular formula is C23H21ClFN7O2S. The molecule has 0 bridgehead atoms. The van der Waals surface area contributed by atoms with Crippen molar-refractivity contribution in [3.05, 3.63) is 57.9 Å². The lowest BCUT2D eigenvalue weighted by atomic mass is 10.2. The van der Waals surface area contributed by atoms with E-state index in [-0.39, 0.29) is 12.5 Å². The lowest BCUT2D eigenvalue weighted by Crippen LogP contribution is -2.43. The minimum Gasteiger partial charge on any atom is -0.368 e. The van der Waals surface area contributed by atoms with Crippen molar-refractivity contribution < 1.29 is 14.0 Å². The SMILES string of the molecule is Cn1cnc2nc(-c3ccc(C(=O)N4CCC[C@H]4C(N)=O)s3)nc(NCc3ccc(Cl)cc3F)c21. The van der Waals surface area contributed by atoms with E-state index in [0.717, 1.165) is 6.42 Å². The Bertz CT molecular complexity index is 1450. The lowest BCUT2D eigenvalue weighted by Gasteiger charge is -2.21. The summed E-state index contributed by atoms with van der Waals surface area (Å²) < 4.78 is 16.1. The molecule has 9 nitrogen and oxygen atoms in total. The molecule has 1 aliphatic rings. The van der Waals surface area contributed by atoms with Gasteiger partial charge in [-0.05, 0) is 37.1 Å². The first-order valence-electron chi connectivity index (χ1n) is 10.9. The van der Waals surface area contributed by atoms with Crippen LogP contribution in [0, 0.1) is 5.82 Å². The molecule has 3 aromatic heterocycles. The Morgan fingerprint density at radius 3 is 2.89 bits per heavy atom. The van der Waals surface area contributed by atoms with Crippen molar-refractivity contribution in [3.8, 4) is 10.7 Å². The summed E-state index contributed by atoms with van der Waals surface area (Å²) in [7, 11) is 1.82. The van der Waals surface area contributed by atoms with Gasteiger partial charge in [0.2, 0.25) is 5.91 Å². The zero-order valence-corrected chi connectivity index (χ0v) is 20.2. The van der Waals surface area contributed by atoms with Crippen molar-refractivity contribution in [1.29, 1.82) is 0 Å². The summed E-state index contributed by atoms with van der Waals surface area (Å²) in [6.07, 6.45) is 2.93. The summed E-state index contributed by atoms with van der Waals surface area (Å²) in [6.45, 7) is 0.669. The Labute approximate surface area is 208 Å². The van der Waals surface area contributed by atoms with E-state index < -0.39 is 17.8 Å². The number of imidazole rings is 1. The molecule has 0 spiro atoms. The quantitative estimate of drug-likeness (QED) is 0.406. The summed E-state index contributed by atoms with van der Waals surface area (Å²) in [4.78, 5) is 40.9. The van der Waals surface area contributed by atoms with Crippen molar-refractivity contribution in [2.45, 2.75) is 25.4 Å². The van der Waals surface area contributed by atoms with E-state index in [9.17, 15) is 14.0 Å². The van der Waals surface area contributed by atoms with Gasteiger partial charge >= 0.3 is 0 Å². The number of anilines is 1. The highest BCUT2D eigenvalue weighted by atomic mass is 35.5. The van der Waals surface area contributed by atoms with E-state index in [1.807, 2.05) is 7.05 Å². The molecule has 4 heterocycles. The van der Waals surface area contributed by atoms with Crippen LogP contribution in [-0.2, 0) is 18.4 Å². The van der Waals surface area contributed by atoms with Crippen molar-refractivity contribution in [2.24, 2.45) is 12.8 Å². The number of nitrogens with one attached hydrogen (secondary N) is 1. The average Bonchev–Trinajstić information content (AvgIpc) is 3.58. The zero-order valence-electron chi connectivity index (χ0n) is 18.7. The van der Waals surface area contributed by atoms with Gasteiger partial charge in [-0.1, -0.05) is 17.7 Å². The fourth-order valence-corrected chi connectivity index (χ4v) is 5.21. The number of primary amides is 1. The van der Waals surface area contributed by atoms with Gasteiger partial charge in [0, 0.05) is 30.7 Å². The number of nitrogens with zero attached hydrogens (tertiary/aromatic N) is 5. The molecule has 5 rings (SSSR count). The van der Waals surface area contributed by atoms with Crippen LogP contribution in [0.15, 0.2) is 36.7 Å². The van der Waals surface area contributed by atoms with E-state index in [4.69, 9.17) is 17.3 Å². The molecule has 2 amide bonds. The fourth-order valence-electron chi connectivity index (χ4n) is 4.15. The molecular weight excluding hydrogens is 493 g/mol. The van der Waals surface area contributed by atoms with Crippen molar-refractivity contribution in [1.82, 2.24) is 24.4 Å². The molecule has 1 atom stereocenters. The van der Waals surface area contributed by atoms with Gasteiger partial charge in [-0.15, -0.1) is 11.3 Å². The molecule has 12 heteroatoms. The standard InChI is InChI=1S/C23H21ClFN7O2S/c1-31-11-28-22-18(31)21(27-10-12-4-5-13(24)9-14(12)25)29-20(30-22)16-6-7-17(35-16)23(34)32-8-2-3-15(32)19(26)33/h4-7,9,11,15H,2-3,8,10H2,1H3,(H2,26,33)(H,27,29,30)/t15-/m0/s1. The maximum Gasteiger partial charge on any atom is 0.264 e. The summed E-state index contributed by atoms with van der Waals surface area (Å²) in [5, 5.41) is 3.50. The fraction of sp³-hybridized carbons (Fsp3) is 0.261. The highest BCUT2D eigenvalue weighted by molar-refractivity contribution is 7.17. The first-order chi connectivity index (χ1) is 16.8. The number of thiophene rings is 1. The van der Waals surface area contributed by atoms with E-state index in [1.54, 1.807) is 35.2 Å². The lowest BCUT2D eigenvalue weighted by molar-refractivity contribution is -0.121. The predicted octanol–water partition coefficient (Wildman–Crippen LogP) is 3.59. The number of benzene rings is 1. The van der Waals surface area contributed by atoms with E-state index in [0.29, 0.717) is 56.1 Å². The second-order valence-corrected chi connectivity index (χ2v) is 9.76. The van der Waals surface area contributed by atoms with Crippen LogP contribution in [0.25, 0.3) is 21.9 Å². The van der Waals surface area contributed by atoms with Gasteiger partial charge in [0.15, 0.2) is 17.3 Å². The van der Waals surface area contributed by atoms with Gasteiger partial charge < -0.3 is 20.5 Å². The maximum absolute atomic E-state index is 14.3. The largest absolute Gasteiger partial charge is 0.368 e. The van der Waals surface area contributed by atoms with Gasteiger partial charge in [0.25, 0.3) is 5.91 Å². The Kier molecular flexibility index (Phi) is 6.12. The minimum atomic E-state index is -0.585. The first kappa shape index (κ1) is 23.2. The number of amides is 2. The van der Waals surface area contributed by atoms with Crippen LogP contribution in [0.5, 0.6) is 0 Å². The van der Waals surface area contributed by atoms with Crippen LogP contribution < -0.4 is 11.1 Å². The normalized spacial score (nSPS) is 15.6. The van der Waals surface area contributed by atoms with E-state index in [1.165, 1.54) is 22.3 Å². The topological polar surface area (TPSA) is 119 Å². The second-order valence-electron chi connectivity index (χ2n) is 8.24. The molecule has 0 unspecified atom stereocenters. The smallest absolute Gasteiger partial charge is 0.264 e. The maximum atomic E-state index is 14.3. The number of hydrogen-bond acceptors (Lipinski definition) is 7. The molecule has 0 radical (unpaired) electrons. The van der Waals surface area contributed by atoms with Crippen LogP contribution in [0.1, 0.15) is 28.1 Å². The van der Waals surface area contributed by atoms with Gasteiger partial charge in [0.1, 0.15) is 17.4 Å². The van der Waals surface area contributed by atoms with Crippen LogP contribution >= 0.6 is 22.9 Å². The minimum absolute atomic E-state index is 0.178. The van der Waals surface area contributed by atoms with Crippen LogP contribution in [-0.4, -0.2) is 48.8 Å². The molecule has 180 valence electrons. The third kappa shape index (κ3) is 4.44. The number of nitrogens with two attached hydrogens (primary N) is 1. The Morgan fingerprint density at radius 2 is 2.11 bits per heavy atom. The Morgan fingerprint density at radius 1 is 1.29 bits per heavy atom. The third-order valence-electron chi connectivity index (χ3n) is 5.91. The molecule has 0 saturated carbocycles. The highest BCUT2D eigenvalue weighted by Gasteiger charge is 2.33. The number of aromatic nitrogens is 4. The second kappa shape index (κ2) is 9.23. The van der Waals surface area contributed by atoms with Crippen LogP contribution in [0.4, 0.5) is 10.2 Å². The molecule has 1 aliphatic heterocycles. The summed E-state index contributed by atoms with van der Waals surface area (Å²) in [6, 6.07) is 7.37. The highest BCUT2D eigenvalue weighted by Crippen LogP contribution is 2.31. The number of likely N-dealkylation sites (tertiary alicyclic amines) is 1. The number of carbonyl (C=O) groups is 2. The molecule has 35 heavy (non-hydrogen) atoms. The average molecular weight is 514 g/mol. The van der Waals surface area contributed by atoms with Crippen molar-refractivity contribution in [2.75, 3.05) is 11.9 Å². The van der Waals surface area contributed by atoms with Crippen LogP contribution in [0.3, 0.4) is 0 Å². The zero-order chi connectivity index (χ0) is 24.7. The summed E-state index contributed by atoms with van der Waals surface area (Å²) in [5.41, 5.74) is 7.03. The number of carbonyl (C=O) groups excluding carboxylic acids is 2. The summed E-state index contributed by atoms with van der Waals surface area (Å²) >= 11 is 7.09. The molecule has 1 saturated heterocycles. The number of hydrogen-bond donors (Lipinski definition) is 2. The molecule has 1 fully saturated rings. The van der Waals surface area contributed by atoms with E-state index in [2.05, 4.69) is 20.3 Å². The molecule has 4 aromatic rings. The molecule has 0 aliphatic carbocycles. The molecule has 1 aromatic carbocycles.